The number of aryl methyl sites for hydroxylation is 1. The van der Waals surface area contributed by atoms with Crippen LogP contribution in [0.25, 0.3) is 0 Å². The van der Waals surface area contributed by atoms with Gasteiger partial charge in [0.25, 0.3) is 10.0 Å². The number of hydrogen-bond acceptors (Lipinski definition) is 3. The van der Waals surface area contributed by atoms with Crippen LogP contribution >= 0.6 is 0 Å². The van der Waals surface area contributed by atoms with E-state index >= 15 is 0 Å². The summed E-state index contributed by atoms with van der Waals surface area (Å²) in [6.45, 7) is 14.5. The quantitative estimate of drug-likeness (QED) is 0.327. The second-order valence-corrected chi connectivity index (χ2v) is 16.6. The molecule has 0 saturated heterocycles. The van der Waals surface area contributed by atoms with Crippen LogP contribution in [0.15, 0.2) is 34.3 Å². The molecule has 5 heteroatoms. The lowest BCUT2D eigenvalue weighted by molar-refractivity contribution is -0.105. The Balaban J connectivity index is 1.23. The normalized spacial score (nSPS) is 38.2. The van der Waals surface area contributed by atoms with Gasteiger partial charge in [-0.15, -0.1) is 0 Å². The number of fused-ring (bicyclic) bond motifs is 5. The monoisotopic (exact) mass is 554 g/mol. The highest BCUT2D eigenvalue weighted by Crippen LogP contribution is 2.68. The summed E-state index contributed by atoms with van der Waals surface area (Å²) in [6.07, 6.45) is 15.6. The second kappa shape index (κ2) is 11.1. The first kappa shape index (κ1) is 29.1. The highest BCUT2D eigenvalue weighted by molar-refractivity contribution is 7.89. The maximum Gasteiger partial charge on any atom is 0.276 e. The minimum atomic E-state index is -3.62. The zero-order valence-electron chi connectivity index (χ0n) is 25.5. The summed E-state index contributed by atoms with van der Waals surface area (Å²) < 4.78 is 25.6. The molecule has 4 nitrogen and oxygen atoms in total. The van der Waals surface area contributed by atoms with Gasteiger partial charge in [0.1, 0.15) is 0 Å². The molecule has 0 heterocycles. The van der Waals surface area contributed by atoms with Gasteiger partial charge in [0.2, 0.25) is 0 Å². The molecule has 0 radical (unpaired) electrons. The molecule has 4 fully saturated rings. The van der Waals surface area contributed by atoms with Crippen LogP contribution in [0.5, 0.6) is 0 Å². The molecule has 0 amide bonds. The third-order valence-corrected chi connectivity index (χ3v) is 13.6. The molecule has 5 rings (SSSR count). The lowest BCUT2D eigenvalue weighted by atomic mass is 9.44. The van der Waals surface area contributed by atoms with Gasteiger partial charge in [0.05, 0.1) is 4.90 Å². The standard InChI is InChI=1S/C34H54N2O2S/c1-23(2)8-7-9-25(4)30-16-17-31-29-15-12-26-22-27(18-20-33(26,5)32(29)19-21-34(30,31)6)35-36-39(37,38)28-13-10-24(3)11-14-28/h10-11,13-14,23,25-26,29-32,36H,7-9,12,15-22H2,1-6H3/b35-27-/t25-,26-,29-,30+,31-,32-,33-,34+/m0/s1. The van der Waals surface area contributed by atoms with Crippen molar-refractivity contribution >= 4 is 15.7 Å². The molecule has 1 aromatic carbocycles. The van der Waals surface area contributed by atoms with Gasteiger partial charge in [-0.2, -0.15) is 13.5 Å². The zero-order chi connectivity index (χ0) is 28.0. The number of benzene rings is 1. The molecule has 0 unspecified atom stereocenters. The molecule has 1 N–H and O–H groups in total. The van der Waals surface area contributed by atoms with E-state index in [1.165, 1.54) is 57.8 Å². The van der Waals surface area contributed by atoms with Gasteiger partial charge in [-0.05, 0) is 129 Å². The third-order valence-electron chi connectivity index (χ3n) is 12.4. The number of sulfonamides is 1. The first-order valence-corrected chi connectivity index (χ1v) is 17.6. The van der Waals surface area contributed by atoms with Crippen molar-refractivity contribution in [2.45, 2.75) is 123 Å². The van der Waals surface area contributed by atoms with Crippen molar-refractivity contribution in [1.82, 2.24) is 4.83 Å². The number of rotatable bonds is 8. The topological polar surface area (TPSA) is 58.5 Å². The van der Waals surface area contributed by atoms with Crippen molar-refractivity contribution in [2.24, 2.45) is 57.4 Å². The van der Waals surface area contributed by atoms with E-state index < -0.39 is 10.0 Å². The van der Waals surface area contributed by atoms with E-state index in [0.29, 0.717) is 16.7 Å². The Kier molecular flexibility index (Phi) is 8.32. The van der Waals surface area contributed by atoms with E-state index in [9.17, 15) is 8.42 Å². The molecule has 39 heavy (non-hydrogen) atoms. The van der Waals surface area contributed by atoms with E-state index in [4.69, 9.17) is 0 Å². The summed E-state index contributed by atoms with van der Waals surface area (Å²) in [6, 6.07) is 6.99. The smallest absolute Gasteiger partial charge is 0.200 e. The minimum Gasteiger partial charge on any atom is -0.200 e. The summed E-state index contributed by atoms with van der Waals surface area (Å²) in [5.41, 5.74) is 3.01. The zero-order valence-corrected chi connectivity index (χ0v) is 26.3. The average molecular weight is 555 g/mol. The Hall–Kier alpha value is -1.36. The van der Waals surface area contributed by atoms with Gasteiger partial charge in [-0.3, -0.25) is 0 Å². The van der Waals surface area contributed by atoms with Crippen LogP contribution in [-0.2, 0) is 10.0 Å². The van der Waals surface area contributed by atoms with Crippen LogP contribution < -0.4 is 4.83 Å². The maximum atomic E-state index is 12.8. The molecule has 4 aliphatic carbocycles. The SMILES string of the molecule is Cc1ccc(S(=O)(=O)N/N=C2/CC[C@@]3(C)[C@@H](CC[C@@H]4[C@@H]3CC[C@]3(C)[C@@H]([C@@H](C)CCCC(C)C)CC[C@@H]43)C2)cc1. The van der Waals surface area contributed by atoms with Gasteiger partial charge in [-0.1, -0.05) is 71.6 Å². The Labute approximate surface area is 239 Å². The lowest BCUT2D eigenvalue weighted by Gasteiger charge is -2.61. The first-order chi connectivity index (χ1) is 18.4. The molecule has 4 aliphatic rings. The molecule has 1 aromatic rings. The van der Waals surface area contributed by atoms with E-state index in [0.717, 1.165) is 66.0 Å². The molecule has 0 aliphatic heterocycles. The molecular formula is C34H54N2O2S. The highest BCUT2D eigenvalue weighted by Gasteiger charge is 2.60. The molecule has 0 aromatic heterocycles. The fourth-order valence-corrected chi connectivity index (χ4v) is 10.9. The highest BCUT2D eigenvalue weighted by atomic mass is 32.2. The Morgan fingerprint density at radius 2 is 1.64 bits per heavy atom. The summed E-state index contributed by atoms with van der Waals surface area (Å²) in [4.78, 5) is 2.85. The van der Waals surface area contributed by atoms with Gasteiger partial charge < -0.3 is 0 Å². The fraction of sp³-hybridized carbons (Fsp3) is 0.794. The van der Waals surface area contributed by atoms with Crippen molar-refractivity contribution < 1.29 is 8.42 Å². The fourth-order valence-electron chi connectivity index (χ4n) is 10.1. The van der Waals surface area contributed by atoms with Gasteiger partial charge in [-0.25, -0.2) is 4.83 Å². The second-order valence-electron chi connectivity index (χ2n) is 15.0. The van der Waals surface area contributed by atoms with Crippen molar-refractivity contribution in [3.8, 4) is 0 Å². The number of nitrogens with zero attached hydrogens (tertiary/aromatic N) is 1. The van der Waals surface area contributed by atoms with Gasteiger partial charge in [0.15, 0.2) is 0 Å². The maximum absolute atomic E-state index is 12.8. The number of nitrogens with one attached hydrogen (secondary N) is 1. The van der Waals surface area contributed by atoms with E-state index in [-0.39, 0.29) is 4.90 Å². The van der Waals surface area contributed by atoms with Crippen LogP contribution in [0.3, 0.4) is 0 Å². The molecule has 0 bridgehead atoms. The van der Waals surface area contributed by atoms with Gasteiger partial charge >= 0.3 is 0 Å². The molecule has 218 valence electrons. The average Bonchev–Trinajstić information content (AvgIpc) is 3.25. The molecule has 4 saturated carbocycles. The van der Waals surface area contributed by atoms with E-state index in [2.05, 4.69) is 44.6 Å². The van der Waals surface area contributed by atoms with Crippen LogP contribution in [-0.4, -0.2) is 14.1 Å². The number of hydrogen-bond donors (Lipinski definition) is 1. The summed E-state index contributed by atoms with van der Waals surface area (Å²) in [5.74, 6) is 5.85. The van der Waals surface area contributed by atoms with Crippen LogP contribution in [0.1, 0.15) is 117 Å². The van der Waals surface area contributed by atoms with Crippen LogP contribution in [0.4, 0.5) is 0 Å². The predicted octanol–water partition coefficient (Wildman–Crippen LogP) is 8.75. The van der Waals surface area contributed by atoms with Crippen LogP contribution in [0.2, 0.25) is 0 Å². The van der Waals surface area contributed by atoms with Crippen LogP contribution in [0, 0.1) is 59.2 Å². The van der Waals surface area contributed by atoms with Crippen molar-refractivity contribution in [2.75, 3.05) is 0 Å². The predicted molar refractivity (Wildman–Crippen MR) is 162 cm³/mol. The Bertz CT molecular complexity index is 1140. The summed E-state index contributed by atoms with van der Waals surface area (Å²) >= 11 is 0. The van der Waals surface area contributed by atoms with Crippen molar-refractivity contribution in [3.05, 3.63) is 29.8 Å². The van der Waals surface area contributed by atoms with E-state index in [1.807, 2.05) is 19.1 Å². The number of hydrazone groups is 1. The summed E-state index contributed by atoms with van der Waals surface area (Å²) in [5, 5.41) is 4.49. The van der Waals surface area contributed by atoms with Crippen molar-refractivity contribution in [1.29, 1.82) is 0 Å². The molecule has 0 spiro atoms. The summed E-state index contributed by atoms with van der Waals surface area (Å²) in [7, 11) is -3.62. The minimum absolute atomic E-state index is 0.285. The Morgan fingerprint density at radius 1 is 0.923 bits per heavy atom. The first-order valence-electron chi connectivity index (χ1n) is 16.1. The Morgan fingerprint density at radius 3 is 2.36 bits per heavy atom. The van der Waals surface area contributed by atoms with Gasteiger partial charge in [0, 0.05) is 5.71 Å². The molecular weight excluding hydrogens is 500 g/mol. The largest absolute Gasteiger partial charge is 0.276 e. The third kappa shape index (κ3) is 5.60. The van der Waals surface area contributed by atoms with Crippen molar-refractivity contribution in [3.63, 3.8) is 0 Å². The van der Waals surface area contributed by atoms with E-state index in [1.54, 1.807) is 12.1 Å². The lowest BCUT2D eigenvalue weighted by Crippen LogP contribution is -2.53. The molecule has 8 atom stereocenters.